The van der Waals surface area contributed by atoms with Crippen LogP contribution in [-0.2, 0) is 11.3 Å². The van der Waals surface area contributed by atoms with E-state index in [0.29, 0.717) is 13.1 Å². The highest BCUT2D eigenvalue weighted by Crippen LogP contribution is 2.17. The molecule has 0 saturated heterocycles. The van der Waals surface area contributed by atoms with Gasteiger partial charge in [0.1, 0.15) is 6.61 Å². The van der Waals surface area contributed by atoms with E-state index in [1.165, 1.54) is 0 Å². The van der Waals surface area contributed by atoms with Crippen molar-refractivity contribution in [2.45, 2.75) is 26.1 Å². The molecule has 6 heteroatoms. The molecule has 1 rings (SSSR count). The van der Waals surface area contributed by atoms with Crippen LogP contribution in [0.25, 0.3) is 0 Å². The van der Waals surface area contributed by atoms with E-state index in [1.54, 1.807) is 0 Å². The van der Waals surface area contributed by atoms with Crippen LogP contribution in [0.3, 0.4) is 0 Å². The van der Waals surface area contributed by atoms with Crippen molar-refractivity contribution in [2.75, 3.05) is 31.2 Å². The van der Waals surface area contributed by atoms with Gasteiger partial charge in [-0.15, -0.1) is 0 Å². The van der Waals surface area contributed by atoms with Crippen molar-refractivity contribution in [3.05, 3.63) is 29.8 Å². The molecule has 2 N–H and O–H groups in total. The van der Waals surface area contributed by atoms with Gasteiger partial charge in [0, 0.05) is 25.3 Å². The lowest BCUT2D eigenvalue weighted by Gasteiger charge is -2.24. The molecule has 3 nitrogen and oxygen atoms in total. The minimum Gasteiger partial charge on any atom is -0.370 e. The minimum absolute atomic E-state index is 0.0537. The maximum Gasteiger partial charge on any atom is 0.411 e. The van der Waals surface area contributed by atoms with Gasteiger partial charge in [0.25, 0.3) is 0 Å². The Hall–Kier alpha value is -1.27. The molecule has 0 amide bonds. The molecule has 1 aromatic rings. The number of ether oxygens (including phenoxy) is 1. The smallest absolute Gasteiger partial charge is 0.370 e. The minimum atomic E-state index is -4.27. The van der Waals surface area contributed by atoms with E-state index in [-0.39, 0.29) is 6.61 Å². The van der Waals surface area contributed by atoms with Crippen LogP contribution in [0.1, 0.15) is 18.9 Å². The molecule has 0 atom stereocenters. The predicted molar refractivity (Wildman–Crippen MR) is 73.7 cm³/mol. The van der Waals surface area contributed by atoms with Gasteiger partial charge in [-0.3, -0.25) is 0 Å². The number of nitrogens with zero attached hydrogens (tertiary/aromatic N) is 1. The molecule has 0 aliphatic carbocycles. The summed E-state index contributed by atoms with van der Waals surface area (Å²) in [4.78, 5) is 2.01. The first-order chi connectivity index (χ1) is 9.46. The van der Waals surface area contributed by atoms with Gasteiger partial charge in [-0.2, -0.15) is 13.2 Å². The highest BCUT2D eigenvalue weighted by Gasteiger charge is 2.27. The number of rotatable bonds is 8. The second kappa shape index (κ2) is 8.11. The van der Waals surface area contributed by atoms with Gasteiger partial charge >= 0.3 is 6.18 Å². The molecule has 0 spiro atoms. The molecule has 114 valence electrons. The summed E-state index contributed by atoms with van der Waals surface area (Å²) < 4.78 is 40.6. The Bertz CT molecular complexity index is 379. The lowest BCUT2D eigenvalue weighted by Crippen LogP contribution is -2.29. The third-order valence-electron chi connectivity index (χ3n) is 2.80. The summed E-state index contributed by atoms with van der Waals surface area (Å²) in [7, 11) is 0. The SMILES string of the molecule is CCCN(CCOCC(F)(F)F)c1ccc(CN)cc1. The molecule has 0 unspecified atom stereocenters. The molecule has 0 radical (unpaired) electrons. The zero-order valence-electron chi connectivity index (χ0n) is 11.6. The predicted octanol–water partition coefficient (Wildman–Crippen LogP) is 2.94. The molecule has 1 aromatic carbocycles. The average molecular weight is 290 g/mol. The van der Waals surface area contributed by atoms with Crippen LogP contribution in [0, 0.1) is 0 Å². The van der Waals surface area contributed by atoms with Crippen molar-refractivity contribution in [3.63, 3.8) is 0 Å². The lowest BCUT2D eigenvalue weighted by atomic mass is 10.2. The third-order valence-corrected chi connectivity index (χ3v) is 2.80. The Morgan fingerprint density at radius 3 is 2.30 bits per heavy atom. The quantitative estimate of drug-likeness (QED) is 0.748. The summed E-state index contributed by atoms with van der Waals surface area (Å²) >= 11 is 0. The Kier molecular flexibility index (Phi) is 6.81. The van der Waals surface area contributed by atoms with E-state index in [9.17, 15) is 13.2 Å². The molecule has 20 heavy (non-hydrogen) atoms. The number of halogens is 3. The van der Waals surface area contributed by atoms with E-state index in [0.717, 1.165) is 24.2 Å². The van der Waals surface area contributed by atoms with E-state index in [2.05, 4.69) is 4.74 Å². The fraction of sp³-hybridized carbons (Fsp3) is 0.571. The van der Waals surface area contributed by atoms with E-state index in [4.69, 9.17) is 5.73 Å². The number of anilines is 1. The van der Waals surface area contributed by atoms with Crippen molar-refractivity contribution in [3.8, 4) is 0 Å². The normalized spacial score (nSPS) is 11.7. The largest absolute Gasteiger partial charge is 0.411 e. The van der Waals surface area contributed by atoms with Crippen LogP contribution in [0.2, 0.25) is 0 Å². The first kappa shape index (κ1) is 16.8. The van der Waals surface area contributed by atoms with Gasteiger partial charge in [0.2, 0.25) is 0 Å². The van der Waals surface area contributed by atoms with Crippen LogP contribution in [0.15, 0.2) is 24.3 Å². The maximum absolute atomic E-state index is 12.0. The molecule has 0 aromatic heterocycles. The topological polar surface area (TPSA) is 38.5 Å². The zero-order chi connectivity index (χ0) is 15.0. The average Bonchev–Trinajstić information content (AvgIpc) is 2.41. The van der Waals surface area contributed by atoms with Gasteiger partial charge in [-0.1, -0.05) is 19.1 Å². The van der Waals surface area contributed by atoms with Gasteiger partial charge in [0.15, 0.2) is 0 Å². The fourth-order valence-electron chi connectivity index (χ4n) is 1.85. The number of alkyl halides is 3. The maximum atomic E-state index is 12.0. The van der Waals surface area contributed by atoms with Crippen molar-refractivity contribution >= 4 is 5.69 Å². The first-order valence-electron chi connectivity index (χ1n) is 6.64. The van der Waals surface area contributed by atoms with Crippen LogP contribution < -0.4 is 10.6 Å². The highest BCUT2D eigenvalue weighted by atomic mass is 19.4. The summed E-state index contributed by atoms with van der Waals surface area (Å²) in [5.74, 6) is 0. The summed E-state index contributed by atoms with van der Waals surface area (Å²) in [6, 6.07) is 7.71. The first-order valence-corrected chi connectivity index (χ1v) is 6.64. The number of nitrogens with two attached hydrogens (primary N) is 1. The highest BCUT2D eigenvalue weighted by molar-refractivity contribution is 5.47. The van der Waals surface area contributed by atoms with Crippen molar-refractivity contribution in [1.82, 2.24) is 0 Å². The Balaban J connectivity index is 2.50. The van der Waals surface area contributed by atoms with Crippen LogP contribution in [0.5, 0.6) is 0 Å². The van der Waals surface area contributed by atoms with E-state index >= 15 is 0 Å². The third kappa shape index (κ3) is 6.25. The molecule has 0 saturated carbocycles. The second-order valence-corrected chi connectivity index (χ2v) is 4.53. The molecule has 0 bridgehead atoms. The number of hydrogen-bond donors (Lipinski definition) is 1. The molecule has 0 heterocycles. The standard InChI is InChI=1S/C14H21F3N2O/c1-2-7-19(8-9-20-11-14(15,16)17)13-5-3-12(10-18)4-6-13/h3-6H,2,7-11,18H2,1H3. The van der Waals surface area contributed by atoms with Crippen LogP contribution >= 0.6 is 0 Å². The monoisotopic (exact) mass is 290 g/mol. The van der Waals surface area contributed by atoms with Gasteiger partial charge in [-0.05, 0) is 24.1 Å². The van der Waals surface area contributed by atoms with Crippen molar-refractivity contribution < 1.29 is 17.9 Å². The Morgan fingerprint density at radius 1 is 1.15 bits per heavy atom. The van der Waals surface area contributed by atoms with Crippen molar-refractivity contribution in [1.29, 1.82) is 0 Å². The molecular weight excluding hydrogens is 269 g/mol. The zero-order valence-corrected chi connectivity index (χ0v) is 11.6. The molecular formula is C14H21F3N2O. The number of benzene rings is 1. The van der Waals surface area contributed by atoms with Crippen LogP contribution in [-0.4, -0.2) is 32.5 Å². The van der Waals surface area contributed by atoms with Gasteiger partial charge in [-0.25, -0.2) is 0 Å². The summed E-state index contributed by atoms with van der Waals surface area (Å²) in [5.41, 5.74) is 7.53. The van der Waals surface area contributed by atoms with Crippen LogP contribution in [0.4, 0.5) is 18.9 Å². The Morgan fingerprint density at radius 2 is 1.80 bits per heavy atom. The summed E-state index contributed by atoms with van der Waals surface area (Å²) in [6.07, 6.45) is -3.35. The van der Waals surface area contributed by atoms with Gasteiger partial charge < -0.3 is 15.4 Å². The lowest BCUT2D eigenvalue weighted by molar-refractivity contribution is -0.173. The van der Waals surface area contributed by atoms with Crippen molar-refractivity contribution in [2.24, 2.45) is 5.73 Å². The Labute approximate surface area is 117 Å². The van der Waals surface area contributed by atoms with E-state index in [1.807, 2.05) is 36.1 Å². The molecule has 0 aliphatic rings. The summed E-state index contributed by atoms with van der Waals surface area (Å²) in [5, 5.41) is 0. The summed E-state index contributed by atoms with van der Waals surface area (Å²) in [6.45, 7) is 2.57. The molecule has 0 fully saturated rings. The number of hydrogen-bond acceptors (Lipinski definition) is 3. The van der Waals surface area contributed by atoms with E-state index < -0.39 is 12.8 Å². The fourth-order valence-corrected chi connectivity index (χ4v) is 1.85. The second-order valence-electron chi connectivity index (χ2n) is 4.53. The molecule has 0 aliphatic heterocycles. The van der Waals surface area contributed by atoms with Gasteiger partial charge in [0.05, 0.1) is 6.61 Å².